The van der Waals surface area contributed by atoms with Crippen LogP contribution in [-0.4, -0.2) is 13.2 Å². The van der Waals surface area contributed by atoms with E-state index in [0.717, 1.165) is 31.5 Å². The zero-order valence-electron chi connectivity index (χ0n) is 17.4. The molecule has 148 valence electrons. The normalized spacial score (nSPS) is 28.8. The Hall–Kier alpha value is -0.820. The molecule has 1 atom stereocenters. The maximum Gasteiger partial charge on any atom is 0.0560 e. The van der Waals surface area contributed by atoms with Crippen molar-refractivity contribution in [2.24, 2.45) is 17.3 Å². The highest BCUT2D eigenvalue weighted by atomic mass is 16.5. The summed E-state index contributed by atoms with van der Waals surface area (Å²) in [5.41, 5.74) is 0.268. The molecule has 26 heavy (non-hydrogen) atoms. The van der Waals surface area contributed by atoms with Gasteiger partial charge in [-0.1, -0.05) is 75.5 Å². The quantitative estimate of drug-likeness (QED) is 0.257. The standard InChI is InChI=1S/C25H42O/c1-3-5-11-21-26-22-25(18-8-6-9-19-25)20-10-7-13-24-16-14-23(12-4-2)15-17-24/h4,6,8-9,12,18,23-24H,3,5,7,10-11,13-17,19-22H2,1-2H3. The summed E-state index contributed by atoms with van der Waals surface area (Å²) in [4.78, 5) is 0. The van der Waals surface area contributed by atoms with Crippen molar-refractivity contribution in [3.63, 3.8) is 0 Å². The van der Waals surface area contributed by atoms with Crippen LogP contribution >= 0.6 is 0 Å². The lowest BCUT2D eigenvalue weighted by molar-refractivity contribution is 0.0600. The van der Waals surface area contributed by atoms with Crippen molar-refractivity contribution in [1.82, 2.24) is 0 Å². The van der Waals surface area contributed by atoms with E-state index in [1.54, 1.807) is 0 Å². The molecule has 0 N–H and O–H groups in total. The molecular formula is C25H42O. The Labute approximate surface area is 163 Å². The molecule has 2 aliphatic rings. The zero-order chi connectivity index (χ0) is 18.5. The fourth-order valence-corrected chi connectivity index (χ4v) is 4.65. The Balaban J connectivity index is 1.64. The van der Waals surface area contributed by atoms with E-state index in [-0.39, 0.29) is 5.41 Å². The molecular weight excluding hydrogens is 316 g/mol. The van der Waals surface area contributed by atoms with Gasteiger partial charge in [0, 0.05) is 12.0 Å². The lowest BCUT2D eigenvalue weighted by Gasteiger charge is -2.32. The monoisotopic (exact) mass is 358 g/mol. The van der Waals surface area contributed by atoms with Crippen LogP contribution in [-0.2, 0) is 4.74 Å². The van der Waals surface area contributed by atoms with Crippen LogP contribution in [0, 0.1) is 17.3 Å². The summed E-state index contributed by atoms with van der Waals surface area (Å²) in [7, 11) is 0. The predicted molar refractivity (Wildman–Crippen MR) is 114 cm³/mol. The molecule has 1 heteroatoms. The van der Waals surface area contributed by atoms with Crippen LogP contribution in [0.3, 0.4) is 0 Å². The van der Waals surface area contributed by atoms with E-state index in [0.29, 0.717) is 0 Å². The molecule has 0 heterocycles. The number of rotatable bonds is 12. The van der Waals surface area contributed by atoms with Crippen molar-refractivity contribution in [2.45, 2.75) is 90.9 Å². The molecule has 1 saturated carbocycles. The first-order valence-electron chi connectivity index (χ1n) is 11.3. The summed E-state index contributed by atoms with van der Waals surface area (Å²) in [6, 6.07) is 0. The van der Waals surface area contributed by atoms with E-state index in [9.17, 15) is 0 Å². The minimum Gasteiger partial charge on any atom is -0.381 e. The largest absolute Gasteiger partial charge is 0.381 e. The van der Waals surface area contributed by atoms with E-state index in [2.05, 4.69) is 50.3 Å². The molecule has 1 fully saturated rings. The molecule has 1 unspecified atom stereocenters. The maximum atomic E-state index is 6.07. The third-order valence-electron chi connectivity index (χ3n) is 6.40. The second-order valence-electron chi connectivity index (χ2n) is 8.67. The van der Waals surface area contributed by atoms with Gasteiger partial charge in [0.2, 0.25) is 0 Å². The van der Waals surface area contributed by atoms with E-state index >= 15 is 0 Å². The second-order valence-corrected chi connectivity index (χ2v) is 8.67. The average molecular weight is 359 g/mol. The number of allylic oxidation sites excluding steroid dienone is 5. The molecule has 0 spiro atoms. The van der Waals surface area contributed by atoms with Gasteiger partial charge in [0.25, 0.3) is 0 Å². The third kappa shape index (κ3) is 7.82. The van der Waals surface area contributed by atoms with Crippen LogP contribution in [0.2, 0.25) is 0 Å². The molecule has 0 aromatic rings. The number of hydrogen-bond donors (Lipinski definition) is 0. The number of ether oxygens (including phenoxy) is 1. The Morgan fingerprint density at radius 1 is 1.04 bits per heavy atom. The van der Waals surface area contributed by atoms with Gasteiger partial charge in [-0.3, -0.25) is 0 Å². The summed E-state index contributed by atoms with van der Waals surface area (Å²) < 4.78 is 6.07. The topological polar surface area (TPSA) is 9.23 Å². The Morgan fingerprint density at radius 2 is 1.88 bits per heavy atom. The number of unbranched alkanes of at least 4 members (excludes halogenated alkanes) is 3. The van der Waals surface area contributed by atoms with Gasteiger partial charge in [-0.15, -0.1) is 0 Å². The van der Waals surface area contributed by atoms with Gasteiger partial charge in [-0.05, 0) is 63.7 Å². The van der Waals surface area contributed by atoms with Gasteiger partial charge in [0.1, 0.15) is 0 Å². The van der Waals surface area contributed by atoms with Crippen molar-refractivity contribution in [2.75, 3.05) is 13.2 Å². The molecule has 2 rings (SSSR count). The fourth-order valence-electron chi connectivity index (χ4n) is 4.65. The highest BCUT2D eigenvalue weighted by molar-refractivity contribution is 5.16. The van der Waals surface area contributed by atoms with E-state index < -0.39 is 0 Å². The summed E-state index contributed by atoms with van der Waals surface area (Å²) in [6.45, 7) is 6.25. The summed E-state index contributed by atoms with van der Waals surface area (Å²) in [6.07, 6.45) is 30.0. The third-order valence-corrected chi connectivity index (χ3v) is 6.40. The van der Waals surface area contributed by atoms with Crippen LogP contribution in [0.5, 0.6) is 0 Å². The molecule has 0 aromatic heterocycles. The van der Waals surface area contributed by atoms with E-state index in [4.69, 9.17) is 4.74 Å². The fraction of sp³-hybridized carbons (Fsp3) is 0.760. The molecule has 1 nitrogen and oxygen atoms in total. The molecule has 0 aromatic carbocycles. The molecule has 0 aliphatic heterocycles. The van der Waals surface area contributed by atoms with Crippen LogP contribution in [0.25, 0.3) is 0 Å². The van der Waals surface area contributed by atoms with Gasteiger partial charge in [0.05, 0.1) is 6.61 Å². The SMILES string of the molecule is CC=CC1CCC(CCCCC2(COCCCCC)C=CC=CC2)CC1. The Morgan fingerprint density at radius 3 is 2.58 bits per heavy atom. The summed E-state index contributed by atoms with van der Waals surface area (Å²) in [5.74, 6) is 1.85. The molecule has 0 saturated heterocycles. The average Bonchev–Trinajstić information content (AvgIpc) is 2.67. The first-order valence-corrected chi connectivity index (χ1v) is 11.3. The van der Waals surface area contributed by atoms with Crippen molar-refractivity contribution >= 4 is 0 Å². The van der Waals surface area contributed by atoms with Crippen LogP contribution in [0.15, 0.2) is 36.5 Å². The minimum absolute atomic E-state index is 0.268. The predicted octanol–water partition coefficient (Wildman–Crippen LogP) is 7.64. The van der Waals surface area contributed by atoms with Crippen molar-refractivity contribution in [1.29, 1.82) is 0 Å². The Bertz CT molecular complexity index is 439. The highest BCUT2D eigenvalue weighted by Crippen LogP contribution is 2.36. The summed E-state index contributed by atoms with van der Waals surface area (Å²) in [5, 5.41) is 0. The van der Waals surface area contributed by atoms with Crippen molar-refractivity contribution in [3.05, 3.63) is 36.5 Å². The molecule has 2 aliphatic carbocycles. The van der Waals surface area contributed by atoms with Gasteiger partial charge < -0.3 is 4.74 Å². The first-order chi connectivity index (χ1) is 12.8. The van der Waals surface area contributed by atoms with Gasteiger partial charge >= 0.3 is 0 Å². The maximum absolute atomic E-state index is 6.07. The van der Waals surface area contributed by atoms with E-state index in [1.807, 2.05) is 0 Å². The smallest absolute Gasteiger partial charge is 0.0560 e. The van der Waals surface area contributed by atoms with Crippen LogP contribution in [0.4, 0.5) is 0 Å². The number of hydrogen-bond acceptors (Lipinski definition) is 1. The summed E-state index contributed by atoms with van der Waals surface area (Å²) >= 11 is 0. The lowest BCUT2D eigenvalue weighted by atomic mass is 9.76. The van der Waals surface area contributed by atoms with Crippen LogP contribution < -0.4 is 0 Å². The van der Waals surface area contributed by atoms with Crippen molar-refractivity contribution in [3.8, 4) is 0 Å². The van der Waals surface area contributed by atoms with Crippen molar-refractivity contribution < 1.29 is 4.74 Å². The Kier molecular flexibility index (Phi) is 10.4. The minimum atomic E-state index is 0.268. The first kappa shape index (κ1) is 21.5. The highest BCUT2D eigenvalue weighted by Gasteiger charge is 2.27. The van der Waals surface area contributed by atoms with E-state index in [1.165, 1.54) is 70.6 Å². The molecule has 0 amide bonds. The lowest BCUT2D eigenvalue weighted by Crippen LogP contribution is -2.26. The van der Waals surface area contributed by atoms with Gasteiger partial charge in [-0.2, -0.15) is 0 Å². The molecule has 0 radical (unpaired) electrons. The second kappa shape index (κ2) is 12.5. The van der Waals surface area contributed by atoms with Gasteiger partial charge in [-0.25, -0.2) is 0 Å². The van der Waals surface area contributed by atoms with Gasteiger partial charge in [0.15, 0.2) is 0 Å². The zero-order valence-corrected chi connectivity index (χ0v) is 17.4. The van der Waals surface area contributed by atoms with Crippen LogP contribution in [0.1, 0.15) is 90.9 Å². The molecule has 0 bridgehead atoms.